The standard InChI is InChI=1S/C26H24N4O2/c1-32-23-4-2-3-18-5-8-22(26(18)23)30-24-10-6-19-16-20(7-9-21(19)29-24)28-25(31)15-17-11-13-27-14-12-17/h2-4,6-7,9-14,16,22H,5,8,15H2,1H3,(H,28,31)(H,29,30). The fraction of sp³-hybridized carbons (Fsp3) is 0.192. The quantitative estimate of drug-likeness (QED) is 0.460. The van der Waals surface area contributed by atoms with Crippen LogP contribution in [-0.2, 0) is 17.6 Å². The second-order valence-electron chi connectivity index (χ2n) is 7.95. The van der Waals surface area contributed by atoms with Gasteiger partial charge in [-0.05, 0) is 72.5 Å². The molecule has 2 N–H and O–H groups in total. The molecule has 0 aliphatic heterocycles. The van der Waals surface area contributed by atoms with Crippen LogP contribution in [0.5, 0.6) is 5.75 Å². The number of methoxy groups -OCH3 is 1. The third-order valence-electron chi connectivity index (χ3n) is 5.84. The van der Waals surface area contributed by atoms with Gasteiger partial charge in [-0.2, -0.15) is 0 Å². The van der Waals surface area contributed by atoms with Crippen LogP contribution < -0.4 is 15.4 Å². The van der Waals surface area contributed by atoms with Crippen molar-refractivity contribution in [1.29, 1.82) is 0 Å². The Bertz CT molecular complexity index is 1270. The van der Waals surface area contributed by atoms with E-state index in [1.165, 1.54) is 11.1 Å². The molecule has 0 bridgehead atoms. The van der Waals surface area contributed by atoms with Gasteiger partial charge in [-0.25, -0.2) is 4.98 Å². The van der Waals surface area contributed by atoms with Crippen LogP contribution in [0.3, 0.4) is 0 Å². The van der Waals surface area contributed by atoms with Crippen molar-refractivity contribution in [3.8, 4) is 5.75 Å². The molecule has 6 heteroatoms. The number of hydrogen-bond acceptors (Lipinski definition) is 5. The molecule has 1 aliphatic rings. The second-order valence-corrected chi connectivity index (χ2v) is 7.95. The van der Waals surface area contributed by atoms with E-state index in [1.54, 1.807) is 19.5 Å². The van der Waals surface area contributed by atoms with Gasteiger partial charge in [0.2, 0.25) is 5.91 Å². The third-order valence-corrected chi connectivity index (χ3v) is 5.84. The van der Waals surface area contributed by atoms with Crippen LogP contribution in [-0.4, -0.2) is 23.0 Å². The minimum absolute atomic E-state index is 0.0596. The first kappa shape index (κ1) is 20.0. The number of carbonyl (C=O) groups excluding carboxylic acids is 1. The van der Waals surface area contributed by atoms with Crippen molar-refractivity contribution in [1.82, 2.24) is 9.97 Å². The number of nitrogens with zero attached hydrogens (tertiary/aromatic N) is 2. The van der Waals surface area contributed by atoms with E-state index in [4.69, 9.17) is 9.72 Å². The Morgan fingerprint density at radius 2 is 1.97 bits per heavy atom. The molecule has 1 unspecified atom stereocenters. The first-order chi connectivity index (χ1) is 15.7. The molecule has 0 saturated heterocycles. The van der Waals surface area contributed by atoms with Gasteiger partial charge in [-0.1, -0.05) is 12.1 Å². The number of benzene rings is 2. The number of amides is 1. The summed E-state index contributed by atoms with van der Waals surface area (Å²) in [6, 6.07) is 19.9. The van der Waals surface area contributed by atoms with Crippen molar-refractivity contribution in [3.63, 3.8) is 0 Å². The van der Waals surface area contributed by atoms with Crippen LogP contribution >= 0.6 is 0 Å². The highest BCUT2D eigenvalue weighted by Gasteiger charge is 2.26. The molecule has 2 aromatic heterocycles. The van der Waals surface area contributed by atoms with E-state index in [9.17, 15) is 4.79 Å². The molecular formula is C26H24N4O2. The van der Waals surface area contributed by atoms with E-state index >= 15 is 0 Å². The Labute approximate surface area is 186 Å². The molecule has 2 heterocycles. The largest absolute Gasteiger partial charge is 0.496 e. The zero-order valence-corrected chi connectivity index (χ0v) is 17.8. The lowest BCUT2D eigenvalue weighted by molar-refractivity contribution is -0.115. The predicted octanol–water partition coefficient (Wildman–Crippen LogP) is 4.92. The van der Waals surface area contributed by atoms with Gasteiger partial charge in [0.05, 0.1) is 25.1 Å². The van der Waals surface area contributed by atoms with E-state index in [1.807, 2.05) is 54.6 Å². The van der Waals surface area contributed by atoms with Crippen molar-refractivity contribution in [2.75, 3.05) is 17.7 Å². The minimum atomic E-state index is -0.0596. The molecule has 160 valence electrons. The van der Waals surface area contributed by atoms with Gasteiger partial charge in [-0.15, -0.1) is 0 Å². The maximum Gasteiger partial charge on any atom is 0.228 e. The van der Waals surface area contributed by atoms with Crippen LogP contribution in [0.2, 0.25) is 0 Å². The molecule has 4 aromatic rings. The summed E-state index contributed by atoms with van der Waals surface area (Å²) >= 11 is 0. The molecular weight excluding hydrogens is 400 g/mol. The number of nitrogens with one attached hydrogen (secondary N) is 2. The van der Waals surface area contributed by atoms with Crippen molar-refractivity contribution in [2.24, 2.45) is 0 Å². The third kappa shape index (κ3) is 4.12. The molecule has 0 saturated carbocycles. The summed E-state index contributed by atoms with van der Waals surface area (Å²) in [4.78, 5) is 21.1. The molecule has 0 radical (unpaired) electrons. The highest BCUT2D eigenvalue weighted by molar-refractivity contribution is 5.95. The monoisotopic (exact) mass is 424 g/mol. The number of carbonyl (C=O) groups is 1. The highest BCUT2D eigenvalue weighted by atomic mass is 16.5. The minimum Gasteiger partial charge on any atom is -0.496 e. The maximum atomic E-state index is 12.4. The summed E-state index contributed by atoms with van der Waals surface area (Å²) in [6.07, 6.45) is 5.73. The van der Waals surface area contributed by atoms with Crippen LogP contribution in [0.1, 0.15) is 29.2 Å². The Balaban J connectivity index is 1.30. The summed E-state index contributed by atoms with van der Waals surface area (Å²) in [5.41, 5.74) is 5.12. The number of ether oxygens (including phenoxy) is 1. The van der Waals surface area contributed by atoms with E-state index < -0.39 is 0 Å². The van der Waals surface area contributed by atoms with E-state index in [-0.39, 0.29) is 11.9 Å². The van der Waals surface area contributed by atoms with Crippen LogP contribution in [0, 0.1) is 0 Å². The lowest BCUT2D eigenvalue weighted by atomic mass is 10.1. The zero-order valence-electron chi connectivity index (χ0n) is 17.8. The summed E-state index contributed by atoms with van der Waals surface area (Å²) < 4.78 is 5.58. The van der Waals surface area contributed by atoms with Crippen LogP contribution in [0.25, 0.3) is 10.9 Å². The Hall–Kier alpha value is -3.93. The maximum absolute atomic E-state index is 12.4. The molecule has 1 atom stereocenters. The predicted molar refractivity (Wildman–Crippen MR) is 126 cm³/mol. The van der Waals surface area contributed by atoms with Crippen molar-refractivity contribution in [3.05, 3.63) is 89.7 Å². The van der Waals surface area contributed by atoms with Gasteiger partial charge >= 0.3 is 0 Å². The van der Waals surface area contributed by atoms with Gasteiger partial charge in [0, 0.05) is 29.0 Å². The molecule has 1 aliphatic carbocycles. The summed E-state index contributed by atoms with van der Waals surface area (Å²) in [5.74, 6) is 1.69. The summed E-state index contributed by atoms with van der Waals surface area (Å²) in [6.45, 7) is 0. The van der Waals surface area contributed by atoms with Crippen molar-refractivity contribution >= 4 is 28.3 Å². The Morgan fingerprint density at radius 3 is 2.81 bits per heavy atom. The molecule has 32 heavy (non-hydrogen) atoms. The number of fused-ring (bicyclic) bond motifs is 2. The molecule has 5 rings (SSSR count). The Kier molecular flexibility index (Phi) is 5.42. The number of aryl methyl sites for hydroxylation is 1. The summed E-state index contributed by atoms with van der Waals surface area (Å²) in [5, 5.41) is 7.51. The second kappa shape index (κ2) is 8.67. The van der Waals surface area contributed by atoms with Gasteiger partial charge in [0.15, 0.2) is 0 Å². The van der Waals surface area contributed by atoms with Gasteiger partial charge in [0.1, 0.15) is 11.6 Å². The van der Waals surface area contributed by atoms with Crippen LogP contribution in [0.4, 0.5) is 11.5 Å². The number of pyridine rings is 2. The smallest absolute Gasteiger partial charge is 0.228 e. The van der Waals surface area contributed by atoms with E-state index in [0.29, 0.717) is 6.42 Å². The van der Waals surface area contributed by atoms with Crippen molar-refractivity contribution in [2.45, 2.75) is 25.3 Å². The average molecular weight is 425 g/mol. The van der Waals surface area contributed by atoms with Crippen molar-refractivity contribution < 1.29 is 9.53 Å². The lowest BCUT2D eigenvalue weighted by Crippen LogP contribution is -2.14. The first-order valence-corrected chi connectivity index (χ1v) is 10.7. The van der Waals surface area contributed by atoms with Gasteiger partial charge < -0.3 is 15.4 Å². The SMILES string of the molecule is COc1cccc2c1C(Nc1ccc3cc(NC(=O)Cc4ccncc4)ccc3n1)CC2. The van der Waals surface area contributed by atoms with E-state index in [2.05, 4.69) is 21.7 Å². The highest BCUT2D eigenvalue weighted by Crippen LogP contribution is 2.39. The first-order valence-electron chi connectivity index (χ1n) is 10.7. The zero-order chi connectivity index (χ0) is 21.9. The number of aromatic nitrogens is 2. The lowest BCUT2D eigenvalue weighted by Gasteiger charge is -2.18. The fourth-order valence-corrected chi connectivity index (χ4v) is 4.32. The molecule has 1 amide bonds. The van der Waals surface area contributed by atoms with Gasteiger partial charge in [-0.3, -0.25) is 9.78 Å². The number of anilines is 2. The van der Waals surface area contributed by atoms with Crippen LogP contribution in [0.15, 0.2) is 73.1 Å². The van der Waals surface area contributed by atoms with Gasteiger partial charge in [0.25, 0.3) is 0 Å². The number of rotatable bonds is 6. The molecule has 2 aromatic carbocycles. The van der Waals surface area contributed by atoms with E-state index in [0.717, 1.165) is 46.6 Å². The molecule has 6 nitrogen and oxygen atoms in total. The average Bonchev–Trinajstić information content (AvgIpc) is 3.22. The number of hydrogen-bond donors (Lipinski definition) is 2. The Morgan fingerprint density at radius 1 is 1.09 bits per heavy atom. The normalized spacial score (nSPS) is 14.7. The summed E-state index contributed by atoms with van der Waals surface area (Å²) in [7, 11) is 1.71. The molecule has 0 fully saturated rings. The fourth-order valence-electron chi connectivity index (χ4n) is 4.32. The topological polar surface area (TPSA) is 76.1 Å². The molecule has 0 spiro atoms.